The highest BCUT2D eigenvalue weighted by atomic mass is 16.3. The highest BCUT2D eigenvalue weighted by molar-refractivity contribution is 5.03. The predicted molar refractivity (Wildman–Crippen MR) is 53.7 cm³/mol. The molecule has 0 aliphatic heterocycles. The summed E-state index contributed by atoms with van der Waals surface area (Å²) in [5, 5.41) is 19.5. The summed E-state index contributed by atoms with van der Waals surface area (Å²) >= 11 is 0. The SMILES string of the molecule is OC1CC2C3CCCCC2C3CC1O. The van der Waals surface area contributed by atoms with E-state index >= 15 is 0 Å². The Morgan fingerprint density at radius 3 is 1.50 bits per heavy atom. The van der Waals surface area contributed by atoms with Crippen LogP contribution in [0.3, 0.4) is 0 Å². The smallest absolute Gasteiger partial charge is 0.0802 e. The maximum absolute atomic E-state index is 9.75. The largest absolute Gasteiger partial charge is 0.390 e. The lowest BCUT2D eigenvalue weighted by atomic mass is 9.55. The van der Waals surface area contributed by atoms with Crippen molar-refractivity contribution in [3.63, 3.8) is 0 Å². The molecule has 14 heavy (non-hydrogen) atoms. The molecule has 2 heteroatoms. The topological polar surface area (TPSA) is 40.5 Å². The zero-order valence-corrected chi connectivity index (χ0v) is 8.60. The molecule has 0 aromatic heterocycles. The van der Waals surface area contributed by atoms with Crippen molar-refractivity contribution < 1.29 is 10.2 Å². The minimum atomic E-state index is -0.435. The molecule has 0 heterocycles. The molecule has 2 unspecified atom stereocenters. The summed E-state index contributed by atoms with van der Waals surface area (Å²) in [5.41, 5.74) is 0. The van der Waals surface area contributed by atoms with Gasteiger partial charge in [0.05, 0.1) is 12.2 Å². The molecule has 4 rings (SSSR count). The molecule has 0 saturated heterocycles. The summed E-state index contributed by atoms with van der Waals surface area (Å²) in [6, 6.07) is 0. The highest BCUT2D eigenvalue weighted by Gasteiger charge is 2.54. The predicted octanol–water partition coefficient (Wildman–Crippen LogP) is 1.55. The Hall–Kier alpha value is -0.0800. The van der Waals surface area contributed by atoms with Crippen LogP contribution in [0.2, 0.25) is 0 Å². The Morgan fingerprint density at radius 1 is 0.643 bits per heavy atom. The van der Waals surface area contributed by atoms with E-state index < -0.39 is 12.2 Å². The molecule has 0 radical (unpaired) electrons. The highest BCUT2D eigenvalue weighted by Crippen LogP contribution is 2.58. The van der Waals surface area contributed by atoms with Crippen molar-refractivity contribution in [2.45, 2.75) is 50.7 Å². The lowest BCUT2D eigenvalue weighted by Gasteiger charge is -2.50. The third-order valence-electron chi connectivity index (χ3n) is 5.00. The van der Waals surface area contributed by atoms with E-state index in [1.54, 1.807) is 0 Å². The van der Waals surface area contributed by atoms with E-state index in [0.29, 0.717) is 0 Å². The van der Waals surface area contributed by atoms with Crippen LogP contribution in [0.15, 0.2) is 0 Å². The molecule has 2 nitrogen and oxygen atoms in total. The first-order valence-electron chi connectivity index (χ1n) is 6.13. The molecular formula is C12H20O2. The fourth-order valence-corrected chi connectivity index (χ4v) is 4.31. The quantitative estimate of drug-likeness (QED) is 0.617. The van der Waals surface area contributed by atoms with E-state index in [-0.39, 0.29) is 0 Å². The average molecular weight is 196 g/mol. The zero-order chi connectivity index (χ0) is 9.71. The van der Waals surface area contributed by atoms with Crippen LogP contribution in [0.25, 0.3) is 0 Å². The zero-order valence-electron chi connectivity index (χ0n) is 8.60. The molecular weight excluding hydrogens is 176 g/mol. The monoisotopic (exact) mass is 196 g/mol. The van der Waals surface area contributed by atoms with Gasteiger partial charge in [-0.15, -0.1) is 0 Å². The Labute approximate surface area is 85.3 Å². The second-order valence-electron chi connectivity index (χ2n) is 5.55. The molecule has 4 bridgehead atoms. The second-order valence-corrected chi connectivity index (χ2v) is 5.55. The van der Waals surface area contributed by atoms with E-state index in [0.717, 1.165) is 36.5 Å². The summed E-state index contributed by atoms with van der Waals surface area (Å²) in [4.78, 5) is 0. The van der Waals surface area contributed by atoms with Gasteiger partial charge in [-0.1, -0.05) is 12.8 Å². The van der Waals surface area contributed by atoms with Crippen molar-refractivity contribution in [1.29, 1.82) is 0 Å². The van der Waals surface area contributed by atoms with Crippen LogP contribution in [0.4, 0.5) is 0 Å². The van der Waals surface area contributed by atoms with E-state index in [4.69, 9.17) is 0 Å². The second kappa shape index (κ2) is 3.21. The minimum absolute atomic E-state index is 0.435. The number of aliphatic hydroxyl groups excluding tert-OH is 2. The van der Waals surface area contributed by atoms with Crippen molar-refractivity contribution >= 4 is 0 Å². The number of rotatable bonds is 0. The van der Waals surface area contributed by atoms with Crippen LogP contribution in [-0.2, 0) is 0 Å². The number of hydrogen-bond donors (Lipinski definition) is 2. The fourth-order valence-electron chi connectivity index (χ4n) is 4.31. The summed E-state index contributed by atoms with van der Waals surface area (Å²) in [6.45, 7) is 0. The van der Waals surface area contributed by atoms with Crippen molar-refractivity contribution in [3.8, 4) is 0 Å². The third kappa shape index (κ3) is 1.17. The van der Waals surface area contributed by atoms with Gasteiger partial charge in [-0.3, -0.25) is 0 Å². The van der Waals surface area contributed by atoms with Gasteiger partial charge < -0.3 is 10.2 Å². The van der Waals surface area contributed by atoms with Crippen LogP contribution in [-0.4, -0.2) is 22.4 Å². The summed E-state index contributed by atoms with van der Waals surface area (Å²) in [7, 11) is 0. The standard InChI is InChI=1S/C12H20O2/c13-11-5-9-7-3-1-2-4-8(9)10(7)6-12(11)14/h7-14H,1-6H2. The van der Waals surface area contributed by atoms with Crippen LogP contribution in [0, 0.1) is 23.7 Å². The number of hydrogen-bond acceptors (Lipinski definition) is 2. The summed E-state index contributed by atoms with van der Waals surface area (Å²) < 4.78 is 0. The van der Waals surface area contributed by atoms with Gasteiger partial charge in [-0.25, -0.2) is 0 Å². The van der Waals surface area contributed by atoms with Gasteiger partial charge in [0.15, 0.2) is 0 Å². The van der Waals surface area contributed by atoms with Gasteiger partial charge in [0, 0.05) is 0 Å². The minimum Gasteiger partial charge on any atom is -0.390 e. The Balaban J connectivity index is 1.83. The van der Waals surface area contributed by atoms with Gasteiger partial charge in [0.2, 0.25) is 0 Å². The van der Waals surface area contributed by atoms with Gasteiger partial charge in [-0.2, -0.15) is 0 Å². The first kappa shape index (κ1) is 9.17. The third-order valence-corrected chi connectivity index (χ3v) is 5.00. The number of fused-ring (bicyclic) bond motifs is 3. The molecule has 80 valence electrons. The number of aliphatic hydroxyl groups is 2. The average Bonchev–Trinajstić information content (AvgIpc) is 2.56. The molecule has 4 aliphatic rings. The lowest BCUT2D eigenvalue weighted by molar-refractivity contribution is -0.0223. The molecule has 4 saturated carbocycles. The molecule has 2 N–H and O–H groups in total. The molecule has 0 aromatic rings. The summed E-state index contributed by atoms with van der Waals surface area (Å²) in [6.07, 6.45) is 6.32. The van der Waals surface area contributed by atoms with E-state index in [1.165, 1.54) is 25.7 Å². The van der Waals surface area contributed by atoms with Crippen LogP contribution in [0.5, 0.6) is 0 Å². The molecule has 2 atom stereocenters. The Morgan fingerprint density at radius 2 is 1.07 bits per heavy atom. The molecule has 0 aromatic carbocycles. The van der Waals surface area contributed by atoms with Crippen LogP contribution in [0.1, 0.15) is 38.5 Å². The van der Waals surface area contributed by atoms with Crippen molar-refractivity contribution in [2.75, 3.05) is 0 Å². The van der Waals surface area contributed by atoms with E-state index in [9.17, 15) is 10.2 Å². The van der Waals surface area contributed by atoms with Crippen molar-refractivity contribution in [2.24, 2.45) is 23.7 Å². The fraction of sp³-hybridized carbons (Fsp3) is 1.00. The van der Waals surface area contributed by atoms with Crippen LogP contribution < -0.4 is 0 Å². The van der Waals surface area contributed by atoms with Crippen LogP contribution >= 0.6 is 0 Å². The molecule has 4 aliphatic carbocycles. The summed E-state index contributed by atoms with van der Waals surface area (Å²) in [5.74, 6) is 3.17. The van der Waals surface area contributed by atoms with Gasteiger partial charge >= 0.3 is 0 Å². The molecule has 0 amide bonds. The van der Waals surface area contributed by atoms with Gasteiger partial charge in [-0.05, 0) is 49.4 Å². The first-order valence-corrected chi connectivity index (χ1v) is 6.13. The lowest BCUT2D eigenvalue weighted by Crippen LogP contribution is -2.44. The first-order chi connectivity index (χ1) is 6.77. The Kier molecular flexibility index (Phi) is 2.10. The van der Waals surface area contributed by atoms with Gasteiger partial charge in [0.1, 0.15) is 0 Å². The molecule has 0 spiro atoms. The van der Waals surface area contributed by atoms with Crippen molar-refractivity contribution in [3.05, 3.63) is 0 Å². The van der Waals surface area contributed by atoms with Gasteiger partial charge in [0.25, 0.3) is 0 Å². The van der Waals surface area contributed by atoms with E-state index in [2.05, 4.69) is 0 Å². The normalized spacial score (nSPS) is 57.0. The van der Waals surface area contributed by atoms with Crippen molar-refractivity contribution in [1.82, 2.24) is 0 Å². The molecule has 4 fully saturated rings. The maximum atomic E-state index is 9.75. The Bertz CT molecular complexity index is 196. The van der Waals surface area contributed by atoms with E-state index in [1.807, 2.05) is 0 Å². The maximum Gasteiger partial charge on any atom is 0.0802 e.